The predicted molar refractivity (Wildman–Crippen MR) is 132 cm³/mol. The van der Waals surface area contributed by atoms with Crippen LogP contribution in [0.1, 0.15) is 65.7 Å². The lowest BCUT2D eigenvalue weighted by Crippen LogP contribution is -2.10. The number of H-pyrrole nitrogens is 1. The molecule has 2 aromatic carbocycles. The van der Waals surface area contributed by atoms with Crippen molar-refractivity contribution in [3.63, 3.8) is 0 Å². The summed E-state index contributed by atoms with van der Waals surface area (Å²) in [7, 11) is 0. The van der Waals surface area contributed by atoms with Gasteiger partial charge in [-0.3, -0.25) is 0 Å². The van der Waals surface area contributed by atoms with Gasteiger partial charge in [-0.2, -0.15) is 31.6 Å². The average Bonchev–Trinajstić information content (AvgIpc) is 3.55. The molecule has 0 bridgehead atoms. The Morgan fingerprint density at radius 3 is 2.31 bits per heavy atom. The van der Waals surface area contributed by atoms with Crippen LogP contribution in [0.5, 0.6) is 5.75 Å². The van der Waals surface area contributed by atoms with E-state index in [2.05, 4.69) is 25.8 Å². The molecule has 1 unspecified atom stereocenters. The van der Waals surface area contributed by atoms with Gasteiger partial charge >= 0.3 is 12.4 Å². The first-order chi connectivity index (χ1) is 18.5. The Kier molecular flexibility index (Phi) is 8.72. The SMILES string of the molecule is CCCc1cc2c(C(F)(F)F)noc2c(CCC)c1OCCSC(c1ccc(C(F)(F)F)cc1)c1nn[nH]n1. The first kappa shape index (κ1) is 28.7. The number of rotatable bonds is 11. The van der Waals surface area contributed by atoms with Gasteiger partial charge < -0.3 is 9.26 Å². The maximum absolute atomic E-state index is 13.5. The topological polar surface area (TPSA) is 89.7 Å². The number of nitrogens with zero attached hydrogens (tertiary/aromatic N) is 4. The first-order valence-corrected chi connectivity index (χ1v) is 13.3. The van der Waals surface area contributed by atoms with Crippen molar-refractivity contribution in [2.75, 3.05) is 12.4 Å². The van der Waals surface area contributed by atoms with Crippen molar-refractivity contribution in [1.29, 1.82) is 0 Å². The normalized spacial score (nSPS) is 13.2. The molecule has 14 heteroatoms. The molecule has 4 rings (SSSR count). The molecule has 0 aliphatic rings. The molecule has 1 N–H and O–H groups in total. The highest BCUT2D eigenvalue weighted by atomic mass is 32.2. The summed E-state index contributed by atoms with van der Waals surface area (Å²) < 4.78 is 90.9. The zero-order valence-corrected chi connectivity index (χ0v) is 21.8. The highest BCUT2D eigenvalue weighted by molar-refractivity contribution is 7.99. The molecule has 1 atom stereocenters. The van der Waals surface area contributed by atoms with Crippen LogP contribution in [0.15, 0.2) is 34.9 Å². The average molecular weight is 574 g/mol. The standard InChI is InChI=1S/C25H25F6N5O2S/c1-3-5-15-13-18-20(38-34-22(18)25(29,30)31)17(6-4-2)19(15)37-11-12-39-21(23-32-35-36-33-23)14-7-9-16(10-8-14)24(26,27)28/h7-10,13,21H,3-6,11-12H2,1-2H3,(H,32,33,35,36). The fourth-order valence-corrected chi connectivity index (χ4v) is 5.27. The van der Waals surface area contributed by atoms with E-state index in [0.29, 0.717) is 59.7 Å². The molecule has 7 nitrogen and oxygen atoms in total. The number of aromatic nitrogens is 5. The quantitative estimate of drug-likeness (QED) is 0.150. The van der Waals surface area contributed by atoms with Crippen LogP contribution in [-0.4, -0.2) is 38.1 Å². The molecule has 39 heavy (non-hydrogen) atoms. The Morgan fingerprint density at radius 2 is 1.72 bits per heavy atom. The van der Waals surface area contributed by atoms with Crippen LogP contribution in [0.4, 0.5) is 26.3 Å². The van der Waals surface area contributed by atoms with E-state index in [1.54, 1.807) is 0 Å². The van der Waals surface area contributed by atoms with E-state index in [-0.39, 0.29) is 17.6 Å². The van der Waals surface area contributed by atoms with Crippen molar-refractivity contribution in [1.82, 2.24) is 25.8 Å². The van der Waals surface area contributed by atoms with Gasteiger partial charge in [0.05, 0.1) is 22.8 Å². The maximum Gasteiger partial charge on any atom is 0.437 e. The molecule has 2 heterocycles. The summed E-state index contributed by atoms with van der Waals surface area (Å²) in [6.07, 6.45) is -6.86. The summed E-state index contributed by atoms with van der Waals surface area (Å²) in [5.74, 6) is 1.14. The number of halogens is 6. The van der Waals surface area contributed by atoms with Crippen molar-refractivity contribution in [3.05, 3.63) is 64.1 Å². The number of hydrogen-bond donors (Lipinski definition) is 1. The van der Waals surface area contributed by atoms with Gasteiger partial charge in [0.25, 0.3) is 0 Å². The molecule has 0 radical (unpaired) electrons. The summed E-state index contributed by atoms with van der Waals surface area (Å²) in [5.41, 5.74) is -0.0613. The zero-order valence-electron chi connectivity index (χ0n) is 21.0. The molecule has 4 aromatic rings. The van der Waals surface area contributed by atoms with Crippen molar-refractivity contribution in [2.24, 2.45) is 0 Å². The van der Waals surface area contributed by atoms with Crippen molar-refractivity contribution in [3.8, 4) is 5.75 Å². The second-order valence-electron chi connectivity index (χ2n) is 8.74. The molecular formula is C25H25F6N5O2S. The second-order valence-corrected chi connectivity index (χ2v) is 9.95. The lowest BCUT2D eigenvalue weighted by Gasteiger charge is -2.18. The Bertz CT molecular complexity index is 1370. The summed E-state index contributed by atoms with van der Waals surface area (Å²) in [4.78, 5) is 0. The summed E-state index contributed by atoms with van der Waals surface area (Å²) >= 11 is 1.34. The Balaban J connectivity index is 1.57. The summed E-state index contributed by atoms with van der Waals surface area (Å²) in [6.45, 7) is 3.98. The monoisotopic (exact) mass is 573 g/mol. The van der Waals surface area contributed by atoms with E-state index in [1.807, 2.05) is 13.8 Å². The molecule has 0 aliphatic heterocycles. The minimum absolute atomic E-state index is 0.0566. The van der Waals surface area contributed by atoms with Crippen LogP contribution in [0, 0.1) is 0 Å². The van der Waals surface area contributed by atoms with Gasteiger partial charge in [0.1, 0.15) is 5.75 Å². The predicted octanol–water partition coefficient (Wildman–Crippen LogP) is 7.19. The van der Waals surface area contributed by atoms with E-state index in [0.717, 1.165) is 12.1 Å². The molecule has 0 aliphatic carbocycles. The fourth-order valence-electron chi connectivity index (χ4n) is 4.26. The van der Waals surface area contributed by atoms with Gasteiger partial charge in [0.2, 0.25) is 0 Å². The Labute approximate surface area is 223 Å². The van der Waals surface area contributed by atoms with Gasteiger partial charge in [-0.05, 0) is 42.2 Å². The van der Waals surface area contributed by atoms with Gasteiger partial charge in [-0.25, -0.2) is 0 Å². The maximum atomic E-state index is 13.5. The van der Waals surface area contributed by atoms with Crippen molar-refractivity contribution >= 4 is 22.7 Å². The number of aryl methyl sites for hydroxylation is 2. The third kappa shape index (κ3) is 6.48. The third-order valence-corrected chi connectivity index (χ3v) is 7.14. The van der Waals surface area contributed by atoms with E-state index in [1.165, 1.54) is 30.0 Å². The molecule has 2 aromatic heterocycles. The number of hydrogen-bond acceptors (Lipinski definition) is 7. The minimum Gasteiger partial charge on any atom is -0.492 e. The highest BCUT2D eigenvalue weighted by Gasteiger charge is 2.38. The zero-order chi connectivity index (χ0) is 28.2. The number of nitrogens with one attached hydrogen (secondary N) is 1. The number of aromatic amines is 1. The minimum atomic E-state index is -4.65. The largest absolute Gasteiger partial charge is 0.492 e. The van der Waals surface area contributed by atoms with Gasteiger partial charge in [0.15, 0.2) is 17.1 Å². The van der Waals surface area contributed by atoms with Gasteiger partial charge in [-0.1, -0.05) is 49.2 Å². The highest BCUT2D eigenvalue weighted by Crippen LogP contribution is 2.41. The third-order valence-electron chi connectivity index (χ3n) is 5.93. The Hall–Kier alpha value is -3.29. The van der Waals surface area contributed by atoms with E-state index >= 15 is 0 Å². The van der Waals surface area contributed by atoms with Crippen LogP contribution in [0.2, 0.25) is 0 Å². The number of alkyl halides is 6. The van der Waals surface area contributed by atoms with Crippen molar-refractivity contribution in [2.45, 2.75) is 57.1 Å². The molecule has 0 saturated heterocycles. The Morgan fingerprint density at radius 1 is 1.00 bits per heavy atom. The molecule has 0 fully saturated rings. The van der Waals surface area contributed by atoms with Crippen LogP contribution in [-0.2, 0) is 25.2 Å². The van der Waals surface area contributed by atoms with Crippen LogP contribution < -0.4 is 4.74 Å². The summed E-state index contributed by atoms with van der Waals surface area (Å²) in [5, 5.41) is 16.6. The molecular weight excluding hydrogens is 548 g/mol. The van der Waals surface area contributed by atoms with E-state index in [4.69, 9.17) is 9.26 Å². The second kappa shape index (κ2) is 11.8. The van der Waals surface area contributed by atoms with Crippen LogP contribution >= 0.6 is 11.8 Å². The first-order valence-electron chi connectivity index (χ1n) is 12.2. The number of tetrazole rings is 1. The lowest BCUT2D eigenvalue weighted by molar-refractivity contribution is -0.141. The van der Waals surface area contributed by atoms with Gasteiger partial charge in [0, 0.05) is 11.3 Å². The number of benzene rings is 2. The molecule has 210 valence electrons. The lowest BCUT2D eigenvalue weighted by atomic mass is 9.98. The number of fused-ring (bicyclic) bond motifs is 1. The van der Waals surface area contributed by atoms with E-state index < -0.39 is 28.9 Å². The molecule has 0 saturated carbocycles. The summed E-state index contributed by atoms with van der Waals surface area (Å²) in [6, 6.07) is 6.16. The fraction of sp³-hybridized carbons (Fsp3) is 0.440. The van der Waals surface area contributed by atoms with Gasteiger partial charge in [-0.15, -0.1) is 22.0 Å². The van der Waals surface area contributed by atoms with E-state index in [9.17, 15) is 26.3 Å². The number of ether oxygens (including phenoxy) is 1. The van der Waals surface area contributed by atoms with Crippen LogP contribution in [0.25, 0.3) is 11.0 Å². The number of thioether (sulfide) groups is 1. The smallest absolute Gasteiger partial charge is 0.437 e. The molecule has 0 spiro atoms. The van der Waals surface area contributed by atoms with Crippen molar-refractivity contribution < 1.29 is 35.6 Å². The molecule has 0 amide bonds. The van der Waals surface area contributed by atoms with Crippen LogP contribution in [0.3, 0.4) is 0 Å².